The van der Waals surface area contributed by atoms with Crippen molar-refractivity contribution in [1.29, 1.82) is 0 Å². The summed E-state index contributed by atoms with van der Waals surface area (Å²) in [6.45, 7) is 4.91. The van der Waals surface area contributed by atoms with Crippen molar-refractivity contribution in [2.45, 2.75) is 51.5 Å². The van der Waals surface area contributed by atoms with Gasteiger partial charge in [0, 0.05) is 29.1 Å². The molecule has 2 aromatic heterocycles. The zero-order valence-electron chi connectivity index (χ0n) is 19.8. The standard InChI is InChI=1S/C25H23F3N6O2/c1-14-12-34-19(29-32-23(34)24(2,3)26)13-33(14)22(36)15-7-6-8-16(11-15)25(27,28)20-17-9-4-5-10-18(17)21(35)31-30-20/h4-11,14H,12-13H2,1-3H3,(H,31,35)/t14-/m0/s1. The average molecular weight is 496 g/mol. The smallest absolute Gasteiger partial charge is 0.317 e. The Kier molecular flexibility index (Phi) is 5.46. The molecule has 0 unspecified atom stereocenters. The molecular formula is C25H23F3N6O2. The second-order valence-electron chi connectivity index (χ2n) is 9.41. The molecule has 0 fully saturated rings. The van der Waals surface area contributed by atoms with E-state index in [1.54, 1.807) is 23.6 Å². The number of alkyl halides is 3. The number of nitrogens with one attached hydrogen (secondary N) is 1. The van der Waals surface area contributed by atoms with Gasteiger partial charge in [0.25, 0.3) is 11.5 Å². The number of aromatic nitrogens is 5. The quantitative estimate of drug-likeness (QED) is 0.462. The lowest BCUT2D eigenvalue weighted by Crippen LogP contribution is -2.45. The van der Waals surface area contributed by atoms with Crippen LogP contribution in [0.15, 0.2) is 53.3 Å². The molecule has 4 aromatic rings. The summed E-state index contributed by atoms with van der Waals surface area (Å²) in [5, 5.41) is 13.9. The van der Waals surface area contributed by atoms with Gasteiger partial charge in [-0.3, -0.25) is 9.59 Å². The van der Waals surface area contributed by atoms with Crippen molar-refractivity contribution in [3.63, 3.8) is 0 Å². The van der Waals surface area contributed by atoms with E-state index in [1.165, 1.54) is 49.1 Å². The van der Waals surface area contributed by atoms with E-state index in [0.717, 1.165) is 6.07 Å². The van der Waals surface area contributed by atoms with Gasteiger partial charge in [0.2, 0.25) is 0 Å². The first-order valence-corrected chi connectivity index (χ1v) is 11.4. The Balaban J connectivity index is 1.49. The zero-order chi connectivity index (χ0) is 25.8. The number of carbonyl (C=O) groups excluding carboxylic acids is 1. The molecule has 186 valence electrons. The van der Waals surface area contributed by atoms with Crippen molar-refractivity contribution in [1.82, 2.24) is 29.9 Å². The van der Waals surface area contributed by atoms with E-state index < -0.39 is 34.3 Å². The normalized spacial score (nSPS) is 16.3. The lowest BCUT2D eigenvalue weighted by Gasteiger charge is -2.35. The number of hydrogen-bond donors (Lipinski definition) is 1. The average Bonchev–Trinajstić information content (AvgIpc) is 3.26. The molecule has 1 aliphatic rings. The first-order valence-electron chi connectivity index (χ1n) is 11.4. The third kappa shape index (κ3) is 3.84. The Bertz CT molecular complexity index is 1540. The van der Waals surface area contributed by atoms with Crippen LogP contribution in [-0.4, -0.2) is 41.8 Å². The topological polar surface area (TPSA) is 96.8 Å². The predicted molar refractivity (Wildman–Crippen MR) is 125 cm³/mol. The molecule has 1 atom stereocenters. The number of carbonyl (C=O) groups is 1. The van der Waals surface area contributed by atoms with Gasteiger partial charge in [-0.25, -0.2) is 9.49 Å². The van der Waals surface area contributed by atoms with Crippen LogP contribution >= 0.6 is 0 Å². The van der Waals surface area contributed by atoms with Crippen LogP contribution in [-0.2, 0) is 24.7 Å². The van der Waals surface area contributed by atoms with E-state index in [9.17, 15) is 14.0 Å². The minimum absolute atomic E-state index is 0.0264. The molecule has 2 aromatic carbocycles. The van der Waals surface area contributed by atoms with Crippen LogP contribution in [0.2, 0.25) is 0 Å². The molecule has 1 N–H and O–H groups in total. The summed E-state index contributed by atoms with van der Waals surface area (Å²) < 4.78 is 47.5. The maximum atomic E-state index is 15.7. The second-order valence-corrected chi connectivity index (χ2v) is 9.41. The van der Waals surface area contributed by atoms with Crippen LogP contribution < -0.4 is 5.56 Å². The zero-order valence-corrected chi connectivity index (χ0v) is 19.8. The third-order valence-corrected chi connectivity index (χ3v) is 6.38. The predicted octanol–water partition coefficient (Wildman–Crippen LogP) is 3.90. The van der Waals surface area contributed by atoms with Gasteiger partial charge in [-0.1, -0.05) is 30.3 Å². The number of benzene rings is 2. The third-order valence-electron chi connectivity index (χ3n) is 6.38. The van der Waals surface area contributed by atoms with Crippen LogP contribution in [0.4, 0.5) is 13.2 Å². The van der Waals surface area contributed by atoms with Crippen LogP contribution in [0.3, 0.4) is 0 Å². The fourth-order valence-corrected chi connectivity index (χ4v) is 4.53. The van der Waals surface area contributed by atoms with Gasteiger partial charge >= 0.3 is 5.92 Å². The van der Waals surface area contributed by atoms with Gasteiger partial charge in [0.05, 0.1) is 11.9 Å². The highest BCUT2D eigenvalue weighted by molar-refractivity contribution is 5.94. The summed E-state index contributed by atoms with van der Waals surface area (Å²) >= 11 is 0. The maximum absolute atomic E-state index is 15.7. The summed E-state index contributed by atoms with van der Waals surface area (Å²) in [6, 6.07) is 10.8. The minimum atomic E-state index is -3.59. The number of amides is 1. The van der Waals surface area contributed by atoms with Crippen molar-refractivity contribution in [3.05, 3.63) is 87.4 Å². The van der Waals surface area contributed by atoms with Crippen molar-refractivity contribution in [2.24, 2.45) is 0 Å². The molecule has 0 radical (unpaired) electrons. The molecule has 0 spiro atoms. The lowest BCUT2D eigenvalue weighted by atomic mass is 9.98. The summed E-state index contributed by atoms with van der Waals surface area (Å²) in [6.07, 6.45) is 0. The lowest BCUT2D eigenvalue weighted by molar-refractivity contribution is 0.0386. The Morgan fingerprint density at radius 1 is 1.06 bits per heavy atom. The number of H-pyrrole nitrogens is 1. The molecule has 3 heterocycles. The van der Waals surface area contributed by atoms with Gasteiger partial charge in [0.15, 0.2) is 17.3 Å². The first-order chi connectivity index (χ1) is 17.0. The van der Waals surface area contributed by atoms with E-state index in [1.807, 2.05) is 0 Å². The molecule has 5 rings (SSSR count). The number of nitrogens with zero attached hydrogens (tertiary/aromatic N) is 5. The summed E-state index contributed by atoms with van der Waals surface area (Å²) in [5.41, 5.74) is -3.25. The van der Waals surface area contributed by atoms with Crippen LogP contribution in [0.25, 0.3) is 10.8 Å². The molecule has 8 nitrogen and oxygen atoms in total. The molecule has 36 heavy (non-hydrogen) atoms. The van der Waals surface area contributed by atoms with Crippen LogP contribution in [0.1, 0.15) is 54.0 Å². The van der Waals surface area contributed by atoms with Crippen LogP contribution in [0.5, 0.6) is 0 Å². The fraction of sp³-hybridized carbons (Fsp3) is 0.320. The maximum Gasteiger partial charge on any atom is 0.317 e. The van der Waals surface area contributed by atoms with Crippen LogP contribution in [0, 0.1) is 0 Å². The number of rotatable bonds is 4. The number of hydrogen-bond acceptors (Lipinski definition) is 5. The Morgan fingerprint density at radius 2 is 1.78 bits per heavy atom. The Morgan fingerprint density at radius 3 is 2.50 bits per heavy atom. The minimum Gasteiger partial charge on any atom is -0.327 e. The van der Waals surface area contributed by atoms with Gasteiger partial charge in [0.1, 0.15) is 5.69 Å². The van der Waals surface area contributed by atoms with Crippen molar-refractivity contribution in [3.8, 4) is 0 Å². The van der Waals surface area contributed by atoms with E-state index in [-0.39, 0.29) is 41.3 Å². The van der Waals surface area contributed by atoms with E-state index >= 15 is 8.78 Å². The fourth-order valence-electron chi connectivity index (χ4n) is 4.53. The van der Waals surface area contributed by atoms with Gasteiger partial charge in [-0.2, -0.15) is 13.9 Å². The summed E-state index contributed by atoms with van der Waals surface area (Å²) in [5.74, 6) is -3.45. The largest absolute Gasteiger partial charge is 0.327 e. The SMILES string of the molecule is C[C@H]1Cn2c(nnc2C(C)(C)F)CN1C(=O)c1cccc(C(F)(F)c2n[nH]c(=O)c3ccccc23)c1. The van der Waals surface area contributed by atoms with Crippen molar-refractivity contribution >= 4 is 16.7 Å². The highest BCUT2D eigenvalue weighted by Gasteiger charge is 2.39. The number of halogens is 3. The molecule has 0 saturated heterocycles. The van der Waals surface area contributed by atoms with Gasteiger partial charge in [-0.15, -0.1) is 10.2 Å². The van der Waals surface area contributed by atoms with Crippen molar-refractivity contribution in [2.75, 3.05) is 0 Å². The van der Waals surface area contributed by atoms with E-state index in [2.05, 4.69) is 20.4 Å². The van der Waals surface area contributed by atoms with E-state index in [4.69, 9.17) is 0 Å². The molecule has 0 aliphatic carbocycles. The molecule has 1 aliphatic heterocycles. The summed E-state index contributed by atoms with van der Waals surface area (Å²) in [7, 11) is 0. The van der Waals surface area contributed by atoms with E-state index in [0.29, 0.717) is 5.82 Å². The van der Waals surface area contributed by atoms with Gasteiger partial charge in [-0.05, 0) is 39.0 Å². The van der Waals surface area contributed by atoms with Gasteiger partial charge < -0.3 is 9.47 Å². The Labute approximate surface area is 203 Å². The first kappa shape index (κ1) is 23.7. The number of fused-ring (bicyclic) bond motifs is 2. The molecule has 11 heteroatoms. The molecule has 1 amide bonds. The monoisotopic (exact) mass is 496 g/mol. The van der Waals surface area contributed by atoms with Crippen molar-refractivity contribution < 1.29 is 18.0 Å². The highest BCUT2D eigenvalue weighted by Crippen LogP contribution is 2.38. The highest BCUT2D eigenvalue weighted by atomic mass is 19.3. The Hall–Kier alpha value is -4.02. The molecule has 0 saturated carbocycles. The molecular weight excluding hydrogens is 473 g/mol. The molecule has 0 bridgehead atoms. The number of aromatic amines is 1. The summed E-state index contributed by atoms with van der Waals surface area (Å²) in [4.78, 5) is 26.9. The second kappa shape index (κ2) is 8.28.